The number of aromatic nitrogens is 5. The van der Waals surface area contributed by atoms with E-state index in [4.69, 9.17) is 9.97 Å². The molecular weight excluding hydrogens is 433 g/mol. The van der Waals surface area contributed by atoms with Crippen molar-refractivity contribution >= 4 is 17.4 Å². The zero-order valence-corrected chi connectivity index (χ0v) is 19.0. The van der Waals surface area contributed by atoms with Crippen molar-refractivity contribution in [1.29, 1.82) is 0 Å². The zero-order valence-electron chi connectivity index (χ0n) is 19.0. The standard InChI is InChI=1S/C25H24FN7O/c1-3-20-15(2)22(32-31-20)25(34)33-12-9-21-19(14-33)24(28-18-6-4-5-17(26)13-18)30-23(29-21)16-7-10-27-11-8-16/h4-8,10-11,13H,3,9,12,14H2,1-2H3,(H,31,32)(H,28,29,30). The zero-order chi connectivity index (χ0) is 23.7. The van der Waals surface area contributed by atoms with Crippen LogP contribution in [0.5, 0.6) is 0 Å². The van der Waals surface area contributed by atoms with Crippen LogP contribution in [-0.2, 0) is 19.4 Å². The second-order valence-electron chi connectivity index (χ2n) is 8.20. The van der Waals surface area contributed by atoms with Crippen molar-refractivity contribution in [3.05, 3.63) is 82.8 Å². The molecule has 4 heterocycles. The fourth-order valence-electron chi connectivity index (χ4n) is 4.16. The Morgan fingerprint density at radius 1 is 1.21 bits per heavy atom. The first-order valence-electron chi connectivity index (χ1n) is 11.2. The van der Waals surface area contributed by atoms with Crippen LogP contribution >= 0.6 is 0 Å². The van der Waals surface area contributed by atoms with Crippen molar-refractivity contribution < 1.29 is 9.18 Å². The van der Waals surface area contributed by atoms with Gasteiger partial charge in [-0.1, -0.05) is 13.0 Å². The molecule has 9 heteroatoms. The number of carbonyl (C=O) groups is 1. The van der Waals surface area contributed by atoms with Gasteiger partial charge in [0.05, 0.1) is 12.2 Å². The van der Waals surface area contributed by atoms with Gasteiger partial charge in [-0.15, -0.1) is 0 Å². The summed E-state index contributed by atoms with van der Waals surface area (Å²) >= 11 is 0. The van der Waals surface area contributed by atoms with E-state index in [-0.39, 0.29) is 11.7 Å². The SMILES string of the molecule is CCc1[nH]nc(C(=O)N2CCc3nc(-c4ccncc4)nc(Nc4cccc(F)c4)c3C2)c1C. The van der Waals surface area contributed by atoms with Crippen molar-refractivity contribution in [2.24, 2.45) is 0 Å². The second-order valence-corrected chi connectivity index (χ2v) is 8.20. The van der Waals surface area contributed by atoms with E-state index in [0.29, 0.717) is 42.5 Å². The van der Waals surface area contributed by atoms with Crippen LogP contribution in [0.25, 0.3) is 11.4 Å². The van der Waals surface area contributed by atoms with E-state index in [2.05, 4.69) is 20.5 Å². The lowest BCUT2D eigenvalue weighted by atomic mass is 10.0. The highest BCUT2D eigenvalue weighted by atomic mass is 19.1. The quantitative estimate of drug-likeness (QED) is 0.466. The van der Waals surface area contributed by atoms with E-state index >= 15 is 0 Å². The number of carbonyl (C=O) groups excluding carboxylic acids is 1. The van der Waals surface area contributed by atoms with Crippen LogP contribution in [0.4, 0.5) is 15.9 Å². The molecule has 0 aliphatic carbocycles. The lowest BCUT2D eigenvalue weighted by Crippen LogP contribution is -2.37. The third-order valence-electron chi connectivity index (χ3n) is 6.04. The number of pyridine rings is 1. The number of benzene rings is 1. The summed E-state index contributed by atoms with van der Waals surface area (Å²) in [6.45, 7) is 4.78. The molecule has 1 amide bonds. The number of H-pyrrole nitrogens is 1. The molecule has 0 bridgehead atoms. The number of hydrogen-bond donors (Lipinski definition) is 2. The molecule has 0 fully saturated rings. The second kappa shape index (κ2) is 9.01. The summed E-state index contributed by atoms with van der Waals surface area (Å²) in [5.41, 5.74) is 5.34. The topological polar surface area (TPSA) is 99.7 Å². The van der Waals surface area contributed by atoms with Crippen molar-refractivity contribution in [1.82, 2.24) is 30.0 Å². The number of aryl methyl sites for hydroxylation is 1. The molecule has 0 saturated heterocycles. The number of fused-ring (bicyclic) bond motifs is 1. The predicted octanol–water partition coefficient (Wildman–Crippen LogP) is 4.21. The third kappa shape index (κ3) is 4.12. The molecule has 0 saturated carbocycles. The smallest absolute Gasteiger partial charge is 0.274 e. The third-order valence-corrected chi connectivity index (χ3v) is 6.04. The number of hydrogen-bond acceptors (Lipinski definition) is 6. The van der Waals surface area contributed by atoms with Gasteiger partial charge in [0.15, 0.2) is 11.5 Å². The van der Waals surface area contributed by atoms with Crippen molar-refractivity contribution in [2.75, 3.05) is 11.9 Å². The van der Waals surface area contributed by atoms with E-state index in [1.54, 1.807) is 29.4 Å². The van der Waals surface area contributed by atoms with Crippen LogP contribution in [0.2, 0.25) is 0 Å². The Morgan fingerprint density at radius 3 is 2.76 bits per heavy atom. The van der Waals surface area contributed by atoms with Gasteiger partial charge in [0.1, 0.15) is 11.6 Å². The van der Waals surface area contributed by atoms with Gasteiger partial charge in [-0.25, -0.2) is 14.4 Å². The van der Waals surface area contributed by atoms with E-state index in [1.807, 2.05) is 26.0 Å². The van der Waals surface area contributed by atoms with Crippen LogP contribution in [0.3, 0.4) is 0 Å². The Kier molecular flexibility index (Phi) is 5.75. The van der Waals surface area contributed by atoms with Crippen molar-refractivity contribution in [3.8, 4) is 11.4 Å². The Balaban J connectivity index is 1.52. The summed E-state index contributed by atoms with van der Waals surface area (Å²) in [7, 11) is 0. The van der Waals surface area contributed by atoms with E-state index in [0.717, 1.165) is 34.5 Å². The Hall–Kier alpha value is -4.14. The summed E-state index contributed by atoms with van der Waals surface area (Å²) in [5, 5.41) is 10.5. The normalized spacial score (nSPS) is 13.0. The molecule has 1 aliphatic rings. The van der Waals surface area contributed by atoms with Gasteiger partial charge in [-0.2, -0.15) is 5.10 Å². The lowest BCUT2D eigenvalue weighted by molar-refractivity contribution is 0.0727. The maximum absolute atomic E-state index is 13.8. The number of nitrogens with zero attached hydrogens (tertiary/aromatic N) is 5. The fraction of sp³-hybridized carbons (Fsp3) is 0.240. The Labute approximate surface area is 196 Å². The highest BCUT2D eigenvalue weighted by Crippen LogP contribution is 2.30. The molecule has 5 rings (SSSR count). The summed E-state index contributed by atoms with van der Waals surface area (Å²) in [5.74, 6) is 0.623. The minimum Gasteiger partial charge on any atom is -0.340 e. The first-order chi connectivity index (χ1) is 16.5. The molecule has 1 aromatic carbocycles. The number of nitrogens with one attached hydrogen (secondary N) is 2. The van der Waals surface area contributed by atoms with E-state index in [1.165, 1.54) is 12.1 Å². The molecule has 1 aliphatic heterocycles. The number of amides is 1. The Bertz CT molecular complexity index is 1350. The van der Waals surface area contributed by atoms with Crippen LogP contribution < -0.4 is 5.32 Å². The monoisotopic (exact) mass is 457 g/mol. The highest BCUT2D eigenvalue weighted by Gasteiger charge is 2.29. The summed E-state index contributed by atoms with van der Waals surface area (Å²) in [4.78, 5) is 28.7. The predicted molar refractivity (Wildman–Crippen MR) is 126 cm³/mol. The van der Waals surface area contributed by atoms with Gasteiger partial charge in [0.2, 0.25) is 0 Å². The molecule has 172 valence electrons. The minimum atomic E-state index is -0.347. The molecule has 34 heavy (non-hydrogen) atoms. The van der Waals surface area contributed by atoms with Gasteiger partial charge in [-0.3, -0.25) is 14.9 Å². The first kappa shape index (κ1) is 21.7. The molecule has 8 nitrogen and oxygen atoms in total. The molecule has 0 spiro atoms. The Morgan fingerprint density at radius 2 is 2.03 bits per heavy atom. The minimum absolute atomic E-state index is 0.131. The van der Waals surface area contributed by atoms with Gasteiger partial charge < -0.3 is 10.2 Å². The highest BCUT2D eigenvalue weighted by molar-refractivity contribution is 5.94. The van der Waals surface area contributed by atoms with Crippen LogP contribution in [0, 0.1) is 12.7 Å². The molecule has 3 aromatic heterocycles. The van der Waals surface area contributed by atoms with Gasteiger partial charge in [0, 0.05) is 53.4 Å². The van der Waals surface area contributed by atoms with E-state index < -0.39 is 0 Å². The molecule has 0 atom stereocenters. The average molecular weight is 458 g/mol. The molecule has 0 radical (unpaired) electrons. The summed E-state index contributed by atoms with van der Waals surface area (Å²) < 4.78 is 13.8. The van der Waals surface area contributed by atoms with Crippen LogP contribution in [0.15, 0.2) is 48.8 Å². The number of aromatic amines is 1. The lowest BCUT2D eigenvalue weighted by Gasteiger charge is -2.29. The average Bonchev–Trinajstić information content (AvgIpc) is 3.24. The van der Waals surface area contributed by atoms with Crippen molar-refractivity contribution in [3.63, 3.8) is 0 Å². The molecular formula is C25H24FN7O. The number of halogens is 1. The maximum Gasteiger partial charge on any atom is 0.274 e. The maximum atomic E-state index is 13.8. The largest absolute Gasteiger partial charge is 0.340 e. The van der Waals surface area contributed by atoms with Crippen LogP contribution in [0.1, 0.15) is 39.9 Å². The number of anilines is 2. The van der Waals surface area contributed by atoms with Gasteiger partial charge in [0.25, 0.3) is 5.91 Å². The summed E-state index contributed by atoms with van der Waals surface area (Å²) in [6.07, 6.45) is 4.73. The van der Waals surface area contributed by atoms with Crippen molar-refractivity contribution in [2.45, 2.75) is 33.2 Å². The first-order valence-corrected chi connectivity index (χ1v) is 11.2. The van der Waals surface area contributed by atoms with Crippen LogP contribution in [-0.4, -0.2) is 42.5 Å². The van der Waals surface area contributed by atoms with Gasteiger partial charge in [-0.05, 0) is 43.7 Å². The molecule has 0 unspecified atom stereocenters. The summed E-state index contributed by atoms with van der Waals surface area (Å²) in [6, 6.07) is 9.90. The fourth-order valence-corrected chi connectivity index (χ4v) is 4.16. The molecule has 2 N–H and O–H groups in total. The number of rotatable bonds is 5. The molecule has 4 aromatic rings. The van der Waals surface area contributed by atoms with Gasteiger partial charge >= 0.3 is 0 Å². The van der Waals surface area contributed by atoms with E-state index in [9.17, 15) is 9.18 Å².